The number of aryl methyl sites for hydroxylation is 1. The fraction of sp³-hybridized carbons (Fsp3) is 0.286. The topological polar surface area (TPSA) is 73.6 Å². The van der Waals surface area contributed by atoms with Gasteiger partial charge >= 0.3 is 0 Å². The van der Waals surface area contributed by atoms with Crippen LogP contribution in [0.15, 0.2) is 34.9 Å². The molecule has 2 aromatic rings. The zero-order valence-electron chi connectivity index (χ0n) is 11.5. The van der Waals surface area contributed by atoms with Gasteiger partial charge in [0.05, 0.1) is 7.11 Å². The third-order valence-electron chi connectivity index (χ3n) is 2.62. The number of nitrogens with one attached hydrogen (secondary N) is 1. The molecule has 0 spiro atoms. The molecule has 1 heterocycles. The lowest BCUT2D eigenvalue weighted by Crippen LogP contribution is -2.30. The SMILES string of the molecule is COc1ccc(O[C@@H](C)C(=O)Nc2cc(C)on2)cc1. The van der Waals surface area contributed by atoms with Crippen molar-refractivity contribution in [2.75, 3.05) is 12.4 Å². The molecule has 6 heteroatoms. The fourth-order valence-electron chi connectivity index (χ4n) is 1.57. The van der Waals surface area contributed by atoms with Crippen LogP contribution in [0.25, 0.3) is 0 Å². The van der Waals surface area contributed by atoms with Gasteiger partial charge in [0.2, 0.25) is 0 Å². The predicted molar refractivity (Wildman–Crippen MR) is 73.0 cm³/mol. The van der Waals surface area contributed by atoms with Gasteiger partial charge in [-0.15, -0.1) is 0 Å². The van der Waals surface area contributed by atoms with E-state index in [0.717, 1.165) is 5.75 Å². The first-order chi connectivity index (χ1) is 9.58. The molecule has 20 heavy (non-hydrogen) atoms. The Morgan fingerprint density at radius 1 is 1.30 bits per heavy atom. The Labute approximate surface area is 116 Å². The van der Waals surface area contributed by atoms with Crippen LogP contribution in [-0.2, 0) is 4.79 Å². The Bertz CT molecular complexity index is 577. The van der Waals surface area contributed by atoms with Gasteiger partial charge in [-0.25, -0.2) is 0 Å². The first-order valence-corrected chi connectivity index (χ1v) is 6.13. The fourth-order valence-corrected chi connectivity index (χ4v) is 1.57. The van der Waals surface area contributed by atoms with Crippen molar-refractivity contribution in [1.82, 2.24) is 5.16 Å². The van der Waals surface area contributed by atoms with Crippen LogP contribution in [0.1, 0.15) is 12.7 Å². The number of carbonyl (C=O) groups is 1. The van der Waals surface area contributed by atoms with Crippen LogP contribution in [-0.4, -0.2) is 24.3 Å². The van der Waals surface area contributed by atoms with E-state index in [1.54, 1.807) is 51.3 Å². The Morgan fingerprint density at radius 3 is 2.50 bits per heavy atom. The third-order valence-corrected chi connectivity index (χ3v) is 2.62. The second-order valence-corrected chi connectivity index (χ2v) is 4.25. The number of rotatable bonds is 5. The van der Waals surface area contributed by atoms with Crippen molar-refractivity contribution >= 4 is 11.7 Å². The summed E-state index contributed by atoms with van der Waals surface area (Å²) in [6, 6.07) is 8.64. The van der Waals surface area contributed by atoms with Crippen LogP contribution >= 0.6 is 0 Å². The van der Waals surface area contributed by atoms with Crippen LogP contribution < -0.4 is 14.8 Å². The normalized spacial score (nSPS) is 11.8. The number of hydrogen-bond donors (Lipinski definition) is 1. The zero-order valence-corrected chi connectivity index (χ0v) is 11.5. The van der Waals surface area contributed by atoms with Crippen LogP contribution in [0.5, 0.6) is 11.5 Å². The standard InChI is InChI=1S/C14H16N2O4/c1-9-8-13(16-20-9)15-14(17)10(2)19-12-6-4-11(18-3)5-7-12/h4-8,10H,1-3H3,(H,15,16,17)/t10-/m0/s1. The summed E-state index contributed by atoms with van der Waals surface area (Å²) in [5.74, 6) is 2.02. The van der Waals surface area contributed by atoms with Gasteiger partial charge in [0, 0.05) is 6.07 Å². The Kier molecular flexibility index (Phi) is 4.24. The van der Waals surface area contributed by atoms with Gasteiger partial charge in [0.1, 0.15) is 17.3 Å². The smallest absolute Gasteiger partial charge is 0.266 e. The third kappa shape index (κ3) is 3.50. The number of nitrogens with zero attached hydrogens (tertiary/aromatic N) is 1. The average Bonchev–Trinajstić information content (AvgIpc) is 2.85. The summed E-state index contributed by atoms with van der Waals surface area (Å²) >= 11 is 0. The molecule has 106 valence electrons. The molecule has 0 fully saturated rings. The van der Waals surface area contributed by atoms with Gasteiger partial charge in [0.25, 0.3) is 5.91 Å². The van der Waals surface area contributed by atoms with E-state index in [2.05, 4.69) is 10.5 Å². The molecule has 0 radical (unpaired) electrons. The van der Waals surface area contributed by atoms with Crippen molar-refractivity contribution in [2.24, 2.45) is 0 Å². The van der Waals surface area contributed by atoms with Crippen molar-refractivity contribution in [1.29, 1.82) is 0 Å². The van der Waals surface area contributed by atoms with E-state index in [0.29, 0.717) is 17.3 Å². The maximum Gasteiger partial charge on any atom is 0.266 e. The summed E-state index contributed by atoms with van der Waals surface area (Å²) in [6.45, 7) is 3.41. The molecule has 1 atom stereocenters. The maximum absolute atomic E-state index is 11.9. The summed E-state index contributed by atoms with van der Waals surface area (Å²) < 4.78 is 15.4. The number of hydrogen-bond acceptors (Lipinski definition) is 5. The minimum absolute atomic E-state index is 0.297. The highest BCUT2D eigenvalue weighted by atomic mass is 16.5. The molecule has 0 aliphatic carbocycles. The van der Waals surface area contributed by atoms with Crippen molar-refractivity contribution in [3.8, 4) is 11.5 Å². The number of amides is 1. The van der Waals surface area contributed by atoms with Gasteiger partial charge in [-0.3, -0.25) is 4.79 Å². The van der Waals surface area contributed by atoms with Gasteiger partial charge < -0.3 is 19.3 Å². The van der Waals surface area contributed by atoms with E-state index in [9.17, 15) is 4.79 Å². The van der Waals surface area contributed by atoms with Crippen molar-refractivity contribution in [2.45, 2.75) is 20.0 Å². The molecule has 1 amide bonds. The highest BCUT2D eigenvalue weighted by Crippen LogP contribution is 2.18. The summed E-state index contributed by atoms with van der Waals surface area (Å²) in [5.41, 5.74) is 0. The lowest BCUT2D eigenvalue weighted by Gasteiger charge is -2.13. The highest BCUT2D eigenvalue weighted by molar-refractivity contribution is 5.93. The molecule has 2 rings (SSSR count). The Hall–Kier alpha value is -2.50. The lowest BCUT2D eigenvalue weighted by molar-refractivity contribution is -0.122. The molecular formula is C14H16N2O4. The van der Waals surface area contributed by atoms with E-state index in [4.69, 9.17) is 14.0 Å². The highest BCUT2D eigenvalue weighted by Gasteiger charge is 2.16. The Balaban J connectivity index is 1.92. The first kappa shape index (κ1) is 13.9. The van der Waals surface area contributed by atoms with Gasteiger partial charge in [0.15, 0.2) is 11.9 Å². The molecule has 0 saturated heterocycles. The largest absolute Gasteiger partial charge is 0.497 e. The van der Waals surface area contributed by atoms with Crippen molar-refractivity contribution in [3.05, 3.63) is 36.1 Å². The molecule has 0 aliphatic rings. The number of carbonyl (C=O) groups excluding carboxylic acids is 1. The summed E-state index contributed by atoms with van der Waals surface area (Å²) in [4.78, 5) is 11.9. The molecule has 0 unspecified atom stereocenters. The van der Waals surface area contributed by atoms with Crippen molar-refractivity contribution < 1.29 is 18.8 Å². The molecule has 6 nitrogen and oxygen atoms in total. The molecule has 1 aromatic heterocycles. The molecule has 0 aliphatic heterocycles. The lowest BCUT2D eigenvalue weighted by atomic mass is 10.3. The minimum atomic E-state index is -0.652. The number of benzene rings is 1. The Morgan fingerprint density at radius 2 is 1.95 bits per heavy atom. The first-order valence-electron chi connectivity index (χ1n) is 6.13. The number of methoxy groups -OCH3 is 1. The number of anilines is 1. The monoisotopic (exact) mass is 276 g/mol. The van der Waals surface area contributed by atoms with Crippen molar-refractivity contribution in [3.63, 3.8) is 0 Å². The average molecular weight is 276 g/mol. The van der Waals surface area contributed by atoms with E-state index in [1.165, 1.54) is 0 Å². The zero-order chi connectivity index (χ0) is 14.5. The van der Waals surface area contributed by atoms with Crippen LogP contribution in [0.2, 0.25) is 0 Å². The minimum Gasteiger partial charge on any atom is -0.497 e. The molecule has 0 bridgehead atoms. The summed E-state index contributed by atoms with van der Waals surface area (Å²) in [6.07, 6.45) is -0.652. The molecule has 0 saturated carbocycles. The summed E-state index contributed by atoms with van der Waals surface area (Å²) in [7, 11) is 1.59. The van der Waals surface area contributed by atoms with E-state index < -0.39 is 6.10 Å². The predicted octanol–water partition coefficient (Wildman–Crippen LogP) is 2.40. The van der Waals surface area contributed by atoms with Crippen LogP contribution in [0.4, 0.5) is 5.82 Å². The quantitative estimate of drug-likeness (QED) is 0.907. The number of ether oxygens (including phenoxy) is 2. The van der Waals surface area contributed by atoms with E-state index >= 15 is 0 Å². The molecule has 1 N–H and O–H groups in total. The van der Waals surface area contributed by atoms with Gasteiger partial charge in [-0.1, -0.05) is 5.16 Å². The van der Waals surface area contributed by atoms with Crippen LogP contribution in [0.3, 0.4) is 0 Å². The van der Waals surface area contributed by atoms with Gasteiger partial charge in [-0.05, 0) is 38.1 Å². The second kappa shape index (κ2) is 6.10. The van der Waals surface area contributed by atoms with Gasteiger partial charge in [-0.2, -0.15) is 0 Å². The second-order valence-electron chi connectivity index (χ2n) is 4.25. The molecular weight excluding hydrogens is 260 g/mol. The summed E-state index contributed by atoms with van der Waals surface area (Å²) in [5, 5.41) is 6.30. The van der Waals surface area contributed by atoms with Crippen LogP contribution in [0, 0.1) is 6.92 Å². The maximum atomic E-state index is 11.9. The van der Waals surface area contributed by atoms with E-state index in [-0.39, 0.29) is 5.91 Å². The van der Waals surface area contributed by atoms with E-state index in [1.807, 2.05) is 0 Å². The number of aromatic nitrogens is 1. The molecule has 1 aromatic carbocycles.